The molecule has 0 radical (unpaired) electrons. The average molecular weight is 334 g/mol. The summed E-state index contributed by atoms with van der Waals surface area (Å²) in [7, 11) is 1.74. The first-order chi connectivity index (χ1) is 9.70. The molecule has 0 bridgehead atoms. The number of hydrogen-bond acceptors (Lipinski definition) is 2. The van der Waals surface area contributed by atoms with Gasteiger partial charge in [0.15, 0.2) is 0 Å². The van der Waals surface area contributed by atoms with E-state index >= 15 is 0 Å². The number of ether oxygens (including phenoxy) is 1. The standard InChI is InChI=1S/C17H20BrNO/c1-13(14-8-10-16(18)11-9-14)19-17(12-20-2)15-6-4-3-5-7-15/h3-11,13,17,19H,12H2,1-2H3. The van der Waals surface area contributed by atoms with Crippen LogP contribution in [-0.2, 0) is 4.74 Å². The van der Waals surface area contributed by atoms with Gasteiger partial charge in [0.2, 0.25) is 0 Å². The maximum atomic E-state index is 5.34. The van der Waals surface area contributed by atoms with Gasteiger partial charge in [0.05, 0.1) is 12.6 Å². The Balaban J connectivity index is 2.10. The molecule has 2 atom stereocenters. The molecule has 0 heterocycles. The quantitative estimate of drug-likeness (QED) is 0.841. The van der Waals surface area contributed by atoms with Crippen molar-refractivity contribution < 1.29 is 4.74 Å². The van der Waals surface area contributed by atoms with Crippen molar-refractivity contribution in [3.63, 3.8) is 0 Å². The fourth-order valence-electron chi connectivity index (χ4n) is 2.24. The largest absolute Gasteiger partial charge is 0.383 e. The first-order valence-corrected chi connectivity index (χ1v) is 7.55. The van der Waals surface area contributed by atoms with E-state index in [0.717, 1.165) is 4.47 Å². The molecule has 0 saturated carbocycles. The number of methoxy groups -OCH3 is 1. The summed E-state index contributed by atoms with van der Waals surface area (Å²) in [5.41, 5.74) is 2.52. The van der Waals surface area contributed by atoms with Crippen molar-refractivity contribution in [1.29, 1.82) is 0 Å². The second-order valence-electron chi connectivity index (χ2n) is 4.86. The molecular formula is C17H20BrNO. The minimum Gasteiger partial charge on any atom is -0.383 e. The molecule has 0 fully saturated rings. The fraction of sp³-hybridized carbons (Fsp3) is 0.294. The number of halogens is 1. The van der Waals surface area contributed by atoms with Crippen LogP contribution in [0.3, 0.4) is 0 Å². The molecule has 0 saturated heterocycles. The summed E-state index contributed by atoms with van der Waals surface area (Å²) in [6, 6.07) is 19.3. The van der Waals surface area contributed by atoms with Crippen LogP contribution >= 0.6 is 15.9 Å². The highest BCUT2D eigenvalue weighted by atomic mass is 79.9. The van der Waals surface area contributed by atoms with Crippen LogP contribution in [0.5, 0.6) is 0 Å². The minimum atomic E-state index is 0.194. The summed E-state index contributed by atoms with van der Waals surface area (Å²) in [5, 5.41) is 3.63. The van der Waals surface area contributed by atoms with Gasteiger partial charge in [-0.2, -0.15) is 0 Å². The van der Waals surface area contributed by atoms with Crippen molar-refractivity contribution in [2.24, 2.45) is 0 Å². The molecule has 0 aliphatic carbocycles. The highest BCUT2D eigenvalue weighted by Crippen LogP contribution is 2.21. The van der Waals surface area contributed by atoms with E-state index in [1.165, 1.54) is 11.1 Å². The van der Waals surface area contributed by atoms with Gasteiger partial charge in [-0.1, -0.05) is 58.4 Å². The molecule has 0 amide bonds. The molecule has 20 heavy (non-hydrogen) atoms. The van der Waals surface area contributed by atoms with E-state index < -0.39 is 0 Å². The Morgan fingerprint density at radius 1 is 1.00 bits per heavy atom. The lowest BCUT2D eigenvalue weighted by atomic mass is 10.0. The predicted molar refractivity (Wildman–Crippen MR) is 86.8 cm³/mol. The highest BCUT2D eigenvalue weighted by molar-refractivity contribution is 9.10. The van der Waals surface area contributed by atoms with E-state index in [0.29, 0.717) is 6.61 Å². The third kappa shape index (κ3) is 4.17. The highest BCUT2D eigenvalue weighted by Gasteiger charge is 2.15. The number of nitrogens with one attached hydrogen (secondary N) is 1. The number of rotatable bonds is 6. The van der Waals surface area contributed by atoms with Crippen molar-refractivity contribution in [2.75, 3.05) is 13.7 Å². The predicted octanol–water partition coefficient (Wildman–Crippen LogP) is 4.49. The zero-order valence-corrected chi connectivity index (χ0v) is 13.4. The smallest absolute Gasteiger partial charge is 0.0657 e. The van der Waals surface area contributed by atoms with Crippen molar-refractivity contribution in [3.05, 3.63) is 70.2 Å². The molecule has 0 aliphatic rings. The Labute approximate surface area is 129 Å². The van der Waals surface area contributed by atoms with Crippen LogP contribution in [0, 0.1) is 0 Å². The summed E-state index contributed by atoms with van der Waals surface area (Å²) < 4.78 is 6.45. The fourth-order valence-corrected chi connectivity index (χ4v) is 2.51. The Bertz CT molecular complexity index is 512. The molecule has 2 rings (SSSR count). The molecule has 106 valence electrons. The molecule has 0 aromatic heterocycles. The molecule has 0 spiro atoms. The molecule has 2 unspecified atom stereocenters. The molecule has 3 heteroatoms. The normalized spacial score (nSPS) is 13.9. The molecular weight excluding hydrogens is 314 g/mol. The van der Waals surface area contributed by atoms with E-state index in [9.17, 15) is 0 Å². The van der Waals surface area contributed by atoms with Gasteiger partial charge in [0, 0.05) is 17.6 Å². The Morgan fingerprint density at radius 2 is 1.65 bits per heavy atom. The van der Waals surface area contributed by atoms with E-state index in [2.05, 4.69) is 76.7 Å². The zero-order chi connectivity index (χ0) is 14.4. The first-order valence-electron chi connectivity index (χ1n) is 6.76. The summed E-state index contributed by atoms with van der Waals surface area (Å²) in [6.45, 7) is 2.83. The van der Waals surface area contributed by atoms with Gasteiger partial charge in [-0.25, -0.2) is 0 Å². The van der Waals surface area contributed by atoms with E-state index in [-0.39, 0.29) is 12.1 Å². The lowest BCUT2D eigenvalue weighted by Gasteiger charge is -2.23. The van der Waals surface area contributed by atoms with Crippen LogP contribution in [0.4, 0.5) is 0 Å². The van der Waals surface area contributed by atoms with Gasteiger partial charge in [-0.3, -0.25) is 0 Å². The summed E-state index contributed by atoms with van der Waals surface area (Å²) in [5.74, 6) is 0. The maximum absolute atomic E-state index is 5.34. The third-order valence-electron chi connectivity index (χ3n) is 3.36. The van der Waals surface area contributed by atoms with Crippen LogP contribution in [0.25, 0.3) is 0 Å². The second kappa shape index (κ2) is 7.58. The van der Waals surface area contributed by atoms with Crippen LogP contribution in [0.1, 0.15) is 30.1 Å². The van der Waals surface area contributed by atoms with E-state index in [1.807, 2.05) is 6.07 Å². The zero-order valence-electron chi connectivity index (χ0n) is 11.8. The number of hydrogen-bond donors (Lipinski definition) is 1. The lowest BCUT2D eigenvalue weighted by Crippen LogP contribution is -2.28. The number of benzene rings is 2. The first kappa shape index (κ1) is 15.2. The molecule has 0 aliphatic heterocycles. The Morgan fingerprint density at radius 3 is 2.25 bits per heavy atom. The minimum absolute atomic E-state index is 0.194. The monoisotopic (exact) mass is 333 g/mol. The summed E-state index contributed by atoms with van der Waals surface area (Å²) in [6.07, 6.45) is 0. The Hall–Kier alpha value is -1.16. The third-order valence-corrected chi connectivity index (χ3v) is 3.89. The van der Waals surface area contributed by atoms with Crippen molar-refractivity contribution in [2.45, 2.75) is 19.0 Å². The summed E-state index contributed by atoms with van der Waals surface area (Å²) in [4.78, 5) is 0. The van der Waals surface area contributed by atoms with Crippen molar-refractivity contribution >= 4 is 15.9 Å². The second-order valence-corrected chi connectivity index (χ2v) is 5.77. The molecule has 2 aromatic rings. The van der Waals surface area contributed by atoms with Gasteiger partial charge >= 0.3 is 0 Å². The topological polar surface area (TPSA) is 21.3 Å². The van der Waals surface area contributed by atoms with Crippen LogP contribution in [0.2, 0.25) is 0 Å². The van der Waals surface area contributed by atoms with Gasteiger partial charge in [-0.15, -0.1) is 0 Å². The van der Waals surface area contributed by atoms with Crippen LogP contribution < -0.4 is 5.32 Å². The van der Waals surface area contributed by atoms with E-state index in [1.54, 1.807) is 7.11 Å². The SMILES string of the molecule is COCC(NC(C)c1ccc(Br)cc1)c1ccccc1. The summed E-state index contributed by atoms with van der Waals surface area (Å²) >= 11 is 3.47. The Kier molecular flexibility index (Phi) is 5.77. The van der Waals surface area contributed by atoms with E-state index in [4.69, 9.17) is 4.74 Å². The van der Waals surface area contributed by atoms with Crippen LogP contribution in [-0.4, -0.2) is 13.7 Å². The molecule has 2 nitrogen and oxygen atoms in total. The lowest BCUT2D eigenvalue weighted by molar-refractivity contribution is 0.162. The van der Waals surface area contributed by atoms with Gasteiger partial charge in [0.1, 0.15) is 0 Å². The maximum Gasteiger partial charge on any atom is 0.0657 e. The molecule has 2 aromatic carbocycles. The van der Waals surface area contributed by atoms with Crippen molar-refractivity contribution in [1.82, 2.24) is 5.32 Å². The average Bonchev–Trinajstić information content (AvgIpc) is 2.48. The van der Waals surface area contributed by atoms with Gasteiger partial charge in [0.25, 0.3) is 0 Å². The van der Waals surface area contributed by atoms with Gasteiger partial charge < -0.3 is 10.1 Å². The molecule has 1 N–H and O–H groups in total. The van der Waals surface area contributed by atoms with Crippen LogP contribution in [0.15, 0.2) is 59.1 Å². The van der Waals surface area contributed by atoms with Gasteiger partial charge in [-0.05, 0) is 30.2 Å². The van der Waals surface area contributed by atoms with Crippen molar-refractivity contribution in [3.8, 4) is 0 Å².